The molecule has 0 saturated carbocycles. The van der Waals surface area contributed by atoms with Crippen LogP contribution in [0.2, 0.25) is 0 Å². The molecule has 2 aromatic rings. The highest BCUT2D eigenvalue weighted by Crippen LogP contribution is 2.36. The molecule has 0 unspecified atom stereocenters. The van der Waals surface area contributed by atoms with Gasteiger partial charge in [-0.2, -0.15) is 8.42 Å². The molecule has 2 rings (SSSR count). The molecule has 0 bridgehead atoms. The fourth-order valence-corrected chi connectivity index (χ4v) is 2.02. The summed E-state index contributed by atoms with van der Waals surface area (Å²) in [5.41, 5.74) is 0. The van der Waals surface area contributed by atoms with E-state index in [1.54, 1.807) is 12.1 Å². The smallest absolute Gasteiger partial charge is 0.299 e. The summed E-state index contributed by atoms with van der Waals surface area (Å²) in [5.74, 6) is -1.07. The Morgan fingerprint density at radius 2 is 1.62 bits per heavy atom. The van der Waals surface area contributed by atoms with Gasteiger partial charge in [0.25, 0.3) is 10.1 Å². The summed E-state index contributed by atoms with van der Waals surface area (Å²) < 4.78 is 30.6. The van der Waals surface area contributed by atoms with Crippen molar-refractivity contribution < 1.29 is 23.2 Å². The van der Waals surface area contributed by atoms with Crippen molar-refractivity contribution in [3.8, 4) is 11.5 Å². The summed E-state index contributed by atoms with van der Waals surface area (Å²) in [7, 11) is -4.61. The van der Waals surface area contributed by atoms with E-state index in [-0.39, 0.29) is 10.8 Å². The van der Waals surface area contributed by atoms with Gasteiger partial charge in [0.1, 0.15) is 16.4 Å². The number of hydrogen-bond acceptors (Lipinski definition) is 4. The van der Waals surface area contributed by atoms with E-state index in [2.05, 4.69) is 0 Å². The standard InChI is InChI=1S/C10H7O5S/c11-8-5-9(16(13,14)15)10(12)7-4-2-1-3-6(7)8/h1-4,11-12H,(H,13,14,15). The quantitative estimate of drug-likeness (QED) is 0.515. The lowest BCUT2D eigenvalue weighted by molar-refractivity contribution is 0.439. The van der Waals surface area contributed by atoms with E-state index in [1.165, 1.54) is 12.1 Å². The van der Waals surface area contributed by atoms with Crippen molar-refractivity contribution in [2.45, 2.75) is 4.90 Å². The lowest BCUT2D eigenvalue weighted by Gasteiger charge is -2.06. The SMILES string of the molecule is O=S(=O)(O)c1[c]c(O)c2ccccc2c1O. The normalized spacial score (nSPS) is 11.8. The van der Waals surface area contributed by atoms with Crippen LogP contribution in [0.15, 0.2) is 29.2 Å². The Balaban J connectivity index is 2.97. The molecule has 1 radical (unpaired) electrons. The summed E-state index contributed by atoms with van der Waals surface area (Å²) in [5, 5.41) is 19.5. The number of rotatable bonds is 1. The Bertz CT molecular complexity index is 660. The van der Waals surface area contributed by atoms with Gasteiger partial charge in [0.05, 0.1) is 6.07 Å². The second-order valence-electron chi connectivity index (χ2n) is 3.17. The van der Waals surface area contributed by atoms with Gasteiger partial charge in [-0.05, 0) is 0 Å². The van der Waals surface area contributed by atoms with Crippen molar-refractivity contribution in [2.75, 3.05) is 0 Å². The van der Waals surface area contributed by atoms with Crippen molar-refractivity contribution in [3.05, 3.63) is 30.3 Å². The van der Waals surface area contributed by atoms with Crippen LogP contribution < -0.4 is 0 Å². The molecule has 0 aliphatic carbocycles. The van der Waals surface area contributed by atoms with Gasteiger partial charge in [0.2, 0.25) is 0 Å². The van der Waals surface area contributed by atoms with Crippen LogP contribution in [-0.2, 0) is 10.1 Å². The van der Waals surface area contributed by atoms with Gasteiger partial charge in [0.15, 0.2) is 0 Å². The van der Waals surface area contributed by atoms with Crippen molar-refractivity contribution in [3.63, 3.8) is 0 Å². The molecule has 3 N–H and O–H groups in total. The molecule has 0 aliphatic heterocycles. The van der Waals surface area contributed by atoms with E-state index in [9.17, 15) is 18.6 Å². The van der Waals surface area contributed by atoms with Gasteiger partial charge in [0, 0.05) is 10.8 Å². The molecule has 2 aromatic carbocycles. The lowest BCUT2D eigenvalue weighted by atomic mass is 10.1. The summed E-state index contributed by atoms with van der Waals surface area (Å²) in [6.45, 7) is 0. The second kappa shape index (κ2) is 3.36. The Morgan fingerprint density at radius 1 is 1.06 bits per heavy atom. The Hall–Kier alpha value is -1.79. The van der Waals surface area contributed by atoms with Gasteiger partial charge in [-0.3, -0.25) is 4.55 Å². The average molecular weight is 239 g/mol. The molecule has 0 aromatic heterocycles. The predicted molar refractivity (Wildman–Crippen MR) is 55.9 cm³/mol. The summed E-state index contributed by atoms with van der Waals surface area (Å²) in [4.78, 5) is -0.830. The maximum atomic E-state index is 10.9. The van der Waals surface area contributed by atoms with Gasteiger partial charge >= 0.3 is 0 Å². The molecule has 83 valence electrons. The van der Waals surface area contributed by atoms with E-state index in [0.717, 1.165) is 0 Å². The van der Waals surface area contributed by atoms with Crippen molar-refractivity contribution in [1.82, 2.24) is 0 Å². The number of benzene rings is 2. The maximum absolute atomic E-state index is 10.9. The number of phenolic OH excluding ortho intramolecular Hbond substituents is 2. The largest absolute Gasteiger partial charge is 0.507 e. The number of fused-ring (bicyclic) bond motifs is 1. The third-order valence-electron chi connectivity index (χ3n) is 2.14. The first-order valence-corrected chi connectivity index (χ1v) is 5.68. The first-order valence-electron chi connectivity index (χ1n) is 4.24. The molecule has 0 fully saturated rings. The third-order valence-corrected chi connectivity index (χ3v) is 2.95. The van der Waals surface area contributed by atoms with Crippen LogP contribution in [-0.4, -0.2) is 23.2 Å². The minimum atomic E-state index is -4.61. The van der Waals surface area contributed by atoms with Crippen LogP contribution in [0.3, 0.4) is 0 Å². The van der Waals surface area contributed by atoms with Gasteiger partial charge in [-0.25, -0.2) is 0 Å². The summed E-state index contributed by atoms with van der Waals surface area (Å²) in [6.07, 6.45) is 0. The molecule has 0 spiro atoms. The highest BCUT2D eigenvalue weighted by Gasteiger charge is 2.20. The zero-order chi connectivity index (χ0) is 11.9. The Kier molecular flexibility index (Phi) is 2.25. The molecule has 0 saturated heterocycles. The van der Waals surface area contributed by atoms with E-state index >= 15 is 0 Å². The van der Waals surface area contributed by atoms with E-state index in [1.807, 2.05) is 6.07 Å². The molecular formula is C10H7O5S. The van der Waals surface area contributed by atoms with Crippen LogP contribution in [0.25, 0.3) is 10.8 Å². The van der Waals surface area contributed by atoms with Gasteiger partial charge in [-0.15, -0.1) is 0 Å². The zero-order valence-electron chi connectivity index (χ0n) is 7.88. The first-order chi connectivity index (χ1) is 7.41. The predicted octanol–water partition coefficient (Wildman–Crippen LogP) is 1.30. The van der Waals surface area contributed by atoms with Crippen molar-refractivity contribution in [2.24, 2.45) is 0 Å². The average Bonchev–Trinajstić information content (AvgIpc) is 2.22. The molecular weight excluding hydrogens is 232 g/mol. The fraction of sp³-hybridized carbons (Fsp3) is 0. The minimum absolute atomic E-state index is 0.131. The van der Waals surface area contributed by atoms with Crippen LogP contribution in [0.4, 0.5) is 0 Å². The Morgan fingerprint density at radius 3 is 2.19 bits per heavy atom. The molecule has 0 amide bonds. The zero-order valence-corrected chi connectivity index (χ0v) is 8.69. The van der Waals surface area contributed by atoms with Crippen molar-refractivity contribution in [1.29, 1.82) is 0 Å². The number of phenols is 2. The lowest BCUT2D eigenvalue weighted by Crippen LogP contribution is -1.99. The monoisotopic (exact) mass is 239 g/mol. The molecule has 16 heavy (non-hydrogen) atoms. The molecule has 5 nitrogen and oxygen atoms in total. The topological polar surface area (TPSA) is 94.8 Å². The number of hydrogen-bond donors (Lipinski definition) is 3. The molecule has 6 heteroatoms. The molecule has 0 aliphatic rings. The molecule has 0 heterocycles. The van der Waals surface area contributed by atoms with Gasteiger partial charge in [-0.1, -0.05) is 24.3 Å². The van der Waals surface area contributed by atoms with E-state index in [0.29, 0.717) is 0 Å². The van der Waals surface area contributed by atoms with Gasteiger partial charge < -0.3 is 10.2 Å². The highest BCUT2D eigenvalue weighted by atomic mass is 32.2. The van der Waals surface area contributed by atoms with Crippen LogP contribution in [0, 0.1) is 6.07 Å². The fourth-order valence-electron chi connectivity index (χ4n) is 1.44. The van der Waals surface area contributed by atoms with Crippen LogP contribution in [0.5, 0.6) is 11.5 Å². The van der Waals surface area contributed by atoms with E-state index in [4.69, 9.17) is 4.55 Å². The summed E-state index contributed by atoms with van der Waals surface area (Å²) in [6, 6.07) is 8.12. The Labute approximate surface area is 91.3 Å². The van der Waals surface area contributed by atoms with E-state index < -0.39 is 26.5 Å². The minimum Gasteiger partial charge on any atom is -0.507 e. The molecule has 0 atom stereocenters. The van der Waals surface area contributed by atoms with Crippen molar-refractivity contribution >= 4 is 20.9 Å². The summed E-state index contributed by atoms with van der Waals surface area (Å²) >= 11 is 0. The second-order valence-corrected chi connectivity index (χ2v) is 4.53. The van der Waals surface area contributed by atoms with Crippen LogP contribution in [0.1, 0.15) is 0 Å². The van der Waals surface area contributed by atoms with Crippen LogP contribution >= 0.6 is 0 Å². The number of aromatic hydroxyl groups is 2. The maximum Gasteiger partial charge on any atom is 0.299 e. The highest BCUT2D eigenvalue weighted by molar-refractivity contribution is 7.86. The third kappa shape index (κ3) is 1.58. The first kappa shape index (κ1) is 10.7.